The molecule has 1 saturated carbocycles. The second-order valence-electron chi connectivity index (χ2n) is 16.8. The summed E-state index contributed by atoms with van der Waals surface area (Å²) in [5.74, 6) is 4.98. The first-order valence-corrected chi connectivity index (χ1v) is 21.8. The molecule has 2 aromatic carbocycles. The topological polar surface area (TPSA) is 94.7 Å². The molecule has 54 heavy (non-hydrogen) atoms. The molecular weight excluding hydrogens is 722 g/mol. The van der Waals surface area contributed by atoms with Crippen molar-refractivity contribution < 1.29 is 23.3 Å². The van der Waals surface area contributed by atoms with Crippen molar-refractivity contribution in [2.24, 2.45) is 17.8 Å². The van der Waals surface area contributed by atoms with Crippen molar-refractivity contribution in [3.63, 3.8) is 0 Å². The number of carbonyl (C=O) groups excluding carboxylic acids is 2. The van der Waals surface area contributed by atoms with Gasteiger partial charge in [-0.15, -0.1) is 0 Å². The number of aryl methyl sites for hydroxylation is 1. The summed E-state index contributed by atoms with van der Waals surface area (Å²) in [6.07, 6.45) is 10.3. The molecule has 5 aliphatic rings. The number of amides is 3. The molecule has 7 rings (SSSR count). The minimum atomic E-state index is -2.98. The van der Waals surface area contributed by atoms with Crippen molar-refractivity contribution in [1.29, 1.82) is 0 Å². The molecule has 2 bridgehead atoms. The van der Waals surface area contributed by atoms with Gasteiger partial charge in [0.2, 0.25) is 0 Å². The number of benzene rings is 2. The van der Waals surface area contributed by atoms with E-state index in [-0.39, 0.29) is 34.4 Å². The molecule has 3 aliphatic heterocycles. The van der Waals surface area contributed by atoms with E-state index in [9.17, 15) is 13.8 Å². The number of allylic oxidation sites excluding steroid dienone is 1. The van der Waals surface area contributed by atoms with Gasteiger partial charge in [0.25, 0.3) is 5.91 Å². The van der Waals surface area contributed by atoms with E-state index in [0.717, 1.165) is 81.3 Å². The van der Waals surface area contributed by atoms with Gasteiger partial charge in [0.05, 0.1) is 22.0 Å². The van der Waals surface area contributed by atoms with Crippen LogP contribution in [0.2, 0.25) is 5.02 Å². The van der Waals surface area contributed by atoms with Crippen LogP contribution in [0.25, 0.3) is 0 Å². The van der Waals surface area contributed by atoms with E-state index in [1.54, 1.807) is 25.1 Å². The highest BCUT2D eigenvalue weighted by Gasteiger charge is 2.50. The second kappa shape index (κ2) is 15.4. The molecule has 2 aliphatic carbocycles. The molecule has 3 amide bonds. The highest BCUT2D eigenvalue weighted by Crippen LogP contribution is 2.49. The average Bonchev–Trinajstić information content (AvgIpc) is 3.28. The van der Waals surface area contributed by atoms with Crippen LogP contribution in [-0.2, 0) is 26.3 Å². The number of anilines is 1. The van der Waals surface area contributed by atoms with E-state index in [4.69, 9.17) is 21.1 Å². The Bertz CT molecular complexity index is 1880. The lowest BCUT2D eigenvalue weighted by atomic mass is 9.63. The van der Waals surface area contributed by atoms with Crippen LogP contribution >= 0.6 is 11.6 Å². The van der Waals surface area contributed by atoms with Crippen LogP contribution in [0.3, 0.4) is 0 Å². The summed E-state index contributed by atoms with van der Waals surface area (Å²) in [7, 11) is 2.46. The average molecular weight is 780 g/mol. The third-order valence-electron chi connectivity index (χ3n) is 13.3. The number of rotatable bonds is 3. The molecule has 7 atom stereocenters. The molecule has 3 heterocycles. The molecule has 0 radical (unpaired) electrons. The number of hydrogen-bond acceptors (Lipinski definition) is 7. The highest BCUT2D eigenvalue weighted by molar-refractivity contribution is 7.99. The van der Waals surface area contributed by atoms with Gasteiger partial charge in [0.1, 0.15) is 11.4 Å². The predicted molar refractivity (Wildman–Crippen MR) is 218 cm³/mol. The lowest BCUT2D eigenvalue weighted by Crippen LogP contribution is -2.59. The number of nitrogens with one attached hydrogen (secondary N) is 1. The standard InChI is InChI=1S/C42H58ClN5O5S/c1-29-9-7-18-42(52-5,27-46-19-21-47(22-20-46)40(50)45(3)4)36-14-11-33(36)25-48-26-41(17-8-10-31-23-34(43)13-15-35(31)41)28-53-38-16-12-32(24-37(38)48)39(49)44-54(6,51)30(29)2/h7,12-13,15-16,18,23-24,29-30,33,36H,6,8-11,14,17,19-22,25-28H2,1-5H3,(H,44,49,51)/b18-7+/t29-,30+,33-,36+,41-,42+,54?/m0/s1. The fourth-order valence-corrected chi connectivity index (χ4v) is 11.3. The molecule has 1 N–H and O–H groups in total. The van der Waals surface area contributed by atoms with Gasteiger partial charge in [-0.1, -0.05) is 36.7 Å². The Morgan fingerprint density at radius 1 is 1.13 bits per heavy atom. The minimum absolute atomic E-state index is 0.00725. The number of urea groups is 1. The number of nitrogens with zero attached hydrogens (tertiary/aromatic N) is 4. The van der Waals surface area contributed by atoms with Gasteiger partial charge in [0.15, 0.2) is 0 Å². The van der Waals surface area contributed by atoms with Crippen molar-refractivity contribution in [2.75, 3.05) is 78.5 Å². The fraction of sp³-hybridized carbons (Fsp3) is 0.595. The van der Waals surface area contributed by atoms with Gasteiger partial charge in [-0.2, -0.15) is 0 Å². The maximum Gasteiger partial charge on any atom is 0.319 e. The number of carbonyl (C=O) groups is 2. The maximum atomic E-state index is 14.1. The van der Waals surface area contributed by atoms with Crippen molar-refractivity contribution in [2.45, 2.75) is 68.6 Å². The number of ether oxygens (including phenoxy) is 2. The van der Waals surface area contributed by atoms with E-state index < -0.39 is 15.3 Å². The molecule has 2 aromatic rings. The van der Waals surface area contributed by atoms with E-state index in [0.29, 0.717) is 37.6 Å². The number of halogens is 1. The molecule has 2 fully saturated rings. The second-order valence-corrected chi connectivity index (χ2v) is 19.6. The normalized spacial score (nSPS) is 33.7. The van der Waals surface area contributed by atoms with Crippen LogP contribution in [0.5, 0.6) is 5.75 Å². The number of hydrogen-bond donors (Lipinski definition) is 1. The third-order valence-corrected chi connectivity index (χ3v) is 15.7. The van der Waals surface area contributed by atoms with Crippen molar-refractivity contribution in [3.8, 4) is 5.75 Å². The van der Waals surface area contributed by atoms with Gasteiger partial charge < -0.3 is 24.2 Å². The van der Waals surface area contributed by atoms with Crippen LogP contribution in [0.1, 0.15) is 67.4 Å². The molecule has 1 saturated heterocycles. The molecular formula is C42H58ClN5O5S. The van der Waals surface area contributed by atoms with Crippen LogP contribution in [0.4, 0.5) is 10.5 Å². The number of fused-ring (bicyclic) bond motifs is 4. The van der Waals surface area contributed by atoms with E-state index >= 15 is 0 Å². The lowest BCUT2D eigenvalue weighted by Gasteiger charge is -2.52. The van der Waals surface area contributed by atoms with Crippen LogP contribution in [0, 0.1) is 17.8 Å². The number of piperazine rings is 1. The largest absolute Gasteiger partial charge is 0.490 e. The molecule has 1 spiro atoms. The SMILES string of the molecule is C=S1(=O)NC(=O)c2ccc3c(c2)N(C[C@@H]2CC[C@H]2[C@@](CN2CCN(C(=O)N(C)C)CC2)(OC)/C=C/C[C@H](C)[C@H]1C)C[C@@]1(CCCc2cc(Cl)ccc21)CO3. The lowest BCUT2D eigenvalue weighted by molar-refractivity contribution is -0.0946. The zero-order valence-electron chi connectivity index (χ0n) is 32.7. The summed E-state index contributed by atoms with van der Waals surface area (Å²) in [6, 6.07) is 12.0. The first-order chi connectivity index (χ1) is 25.7. The Labute approximate surface area is 327 Å². The molecule has 10 nitrogen and oxygen atoms in total. The molecule has 294 valence electrons. The zero-order valence-corrected chi connectivity index (χ0v) is 34.2. The molecule has 12 heteroatoms. The van der Waals surface area contributed by atoms with Gasteiger partial charge in [0, 0.05) is 88.3 Å². The van der Waals surface area contributed by atoms with Crippen LogP contribution in [0.15, 0.2) is 48.6 Å². The summed E-state index contributed by atoms with van der Waals surface area (Å²) in [4.78, 5) is 35.1. The van der Waals surface area contributed by atoms with Gasteiger partial charge in [-0.05, 0) is 111 Å². The Kier molecular flexibility index (Phi) is 11.1. The van der Waals surface area contributed by atoms with Gasteiger partial charge in [-0.25, -0.2) is 9.00 Å². The summed E-state index contributed by atoms with van der Waals surface area (Å²) in [5.41, 5.74) is 3.09. The quantitative estimate of drug-likeness (QED) is 0.308. The molecule has 0 aromatic heterocycles. The van der Waals surface area contributed by atoms with Gasteiger partial charge in [-0.3, -0.25) is 14.4 Å². The first-order valence-electron chi connectivity index (χ1n) is 19.6. The summed E-state index contributed by atoms with van der Waals surface area (Å²) in [6.45, 7) is 9.65. The predicted octanol–water partition coefficient (Wildman–Crippen LogP) is 5.87. The van der Waals surface area contributed by atoms with E-state index in [1.165, 1.54) is 11.1 Å². The zero-order chi connectivity index (χ0) is 38.4. The van der Waals surface area contributed by atoms with E-state index in [2.05, 4.69) is 51.6 Å². The van der Waals surface area contributed by atoms with Crippen molar-refractivity contribution in [3.05, 3.63) is 70.3 Å². The third kappa shape index (κ3) is 7.50. The first kappa shape index (κ1) is 39.0. The Morgan fingerprint density at radius 2 is 1.91 bits per heavy atom. The van der Waals surface area contributed by atoms with E-state index in [1.807, 2.05) is 37.1 Å². The number of methoxy groups -OCH3 is 1. The van der Waals surface area contributed by atoms with Crippen molar-refractivity contribution in [1.82, 2.24) is 19.4 Å². The monoisotopic (exact) mass is 779 g/mol. The maximum absolute atomic E-state index is 14.1. The molecule has 1 unspecified atom stereocenters. The summed E-state index contributed by atoms with van der Waals surface area (Å²) in [5, 5.41) is 0.386. The van der Waals surface area contributed by atoms with Crippen LogP contribution < -0.4 is 14.4 Å². The Balaban J connectivity index is 1.27. The van der Waals surface area contributed by atoms with Crippen LogP contribution in [-0.4, -0.2) is 121 Å². The summed E-state index contributed by atoms with van der Waals surface area (Å²) < 4.78 is 30.3. The minimum Gasteiger partial charge on any atom is -0.490 e. The Morgan fingerprint density at radius 3 is 2.61 bits per heavy atom. The van der Waals surface area contributed by atoms with Crippen molar-refractivity contribution >= 4 is 44.8 Å². The Hall–Kier alpha value is -3.25. The fourth-order valence-electron chi connectivity index (χ4n) is 9.63. The highest BCUT2D eigenvalue weighted by atomic mass is 35.5. The smallest absolute Gasteiger partial charge is 0.319 e. The summed E-state index contributed by atoms with van der Waals surface area (Å²) >= 11 is 6.51. The van der Waals surface area contributed by atoms with Gasteiger partial charge >= 0.3 is 6.03 Å².